The molecule has 2 amide bonds. The van der Waals surface area contributed by atoms with E-state index in [2.05, 4.69) is 14.8 Å². The SMILES string of the molecule is CNS(=O)(=O)c1ccc(OC)c(NS(=O)(=O)c2ccc3c(c2)C(=O)NC3=O)c1. The molecule has 10 nitrogen and oxygen atoms in total. The van der Waals surface area contributed by atoms with E-state index in [9.17, 15) is 26.4 Å². The maximum Gasteiger partial charge on any atom is 0.262 e. The number of benzene rings is 2. The van der Waals surface area contributed by atoms with Gasteiger partial charge in [0, 0.05) is 0 Å². The molecule has 12 heteroatoms. The Bertz CT molecular complexity index is 1200. The number of carbonyl (C=O) groups excluding carboxylic acids is 2. The highest BCUT2D eigenvalue weighted by molar-refractivity contribution is 7.92. The molecule has 0 unspecified atom stereocenters. The summed E-state index contributed by atoms with van der Waals surface area (Å²) in [5, 5.41) is 2.07. The fourth-order valence-electron chi connectivity index (χ4n) is 2.57. The fourth-order valence-corrected chi connectivity index (χ4v) is 4.41. The molecule has 0 saturated heterocycles. The third kappa shape index (κ3) is 3.44. The van der Waals surface area contributed by atoms with Crippen LogP contribution in [0.1, 0.15) is 20.7 Å². The Kier molecular flexibility index (Phi) is 4.87. The normalized spacial score (nSPS) is 13.8. The Morgan fingerprint density at radius 3 is 2.11 bits per heavy atom. The highest BCUT2D eigenvalue weighted by Gasteiger charge is 2.29. The second-order valence-electron chi connectivity index (χ2n) is 5.67. The molecular weight excluding hydrogens is 410 g/mol. The zero-order valence-electron chi connectivity index (χ0n) is 14.6. The Morgan fingerprint density at radius 1 is 0.857 bits per heavy atom. The molecule has 1 aliphatic heterocycles. The Morgan fingerprint density at radius 2 is 1.46 bits per heavy atom. The Balaban J connectivity index is 2.04. The first-order valence-electron chi connectivity index (χ1n) is 7.73. The van der Waals surface area contributed by atoms with Crippen molar-refractivity contribution in [2.45, 2.75) is 9.79 Å². The van der Waals surface area contributed by atoms with Crippen molar-refractivity contribution in [1.82, 2.24) is 10.0 Å². The van der Waals surface area contributed by atoms with E-state index >= 15 is 0 Å². The van der Waals surface area contributed by atoms with Gasteiger partial charge < -0.3 is 4.74 Å². The van der Waals surface area contributed by atoms with Gasteiger partial charge in [0.1, 0.15) is 5.75 Å². The number of nitrogens with one attached hydrogen (secondary N) is 3. The fraction of sp³-hybridized carbons (Fsp3) is 0.125. The van der Waals surface area contributed by atoms with Crippen LogP contribution in [-0.4, -0.2) is 42.8 Å². The number of imide groups is 1. The number of rotatable bonds is 6. The standard InChI is InChI=1S/C16H15N3O7S2/c1-17-27(22,23)10-4-6-14(26-2)13(8-10)19-28(24,25)9-3-5-11-12(7-9)16(21)18-15(11)20/h3-8,17,19H,1-2H3,(H,18,20,21). The average Bonchev–Trinajstić information content (AvgIpc) is 2.95. The van der Waals surface area contributed by atoms with E-state index in [1.165, 1.54) is 38.4 Å². The number of hydrogen-bond donors (Lipinski definition) is 3. The summed E-state index contributed by atoms with van der Waals surface area (Å²) >= 11 is 0. The number of sulfonamides is 2. The van der Waals surface area contributed by atoms with Gasteiger partial charge >= 0.3 is 0 Å². The zero-order valence-corrected chi connectivity index (χ0v) is 16.3. The first-order chi connectivity index (χ1) is 13.1. The van der Waals surface area contributed by atoms with Gasteiger partial charge in [0.05, 0.1) is 33.7 Å². The molecule has 3 N–H and O–H groups in total. The van der Waals surface area contributed by atoms with Crippen LogP contribution in [0.25, 0.3) is 0 Å². The van der Waals surface area contributed by atoms with Gasteiger partial charge in [-0.2, -0.15) is 0 Å². The number of carbonyl (C=O) groups is 2. The number of methoxy groups -OCH3 is 1. The lowest BCUT2D eigenvalue weighted by Gasteiger charge is -2.14. The lowest BCUT2D eigenvalue weighted by Crippen LogP contribution is -2.20. The maximum atomic E-state index is 12.7. The first-order valence-corrected chi connectivity index (χ1v) is 10.7. The molecule has 0 fully saturated rings. The molecule has 3 rings (SSSR count). The minimum atomic E-state index is -4.21. The maximum absolute atomic E-state index is 12.7. The Hall–Kier alpha value is -2.96. The lowest BCUT2D eigenvalue weighted by atomic mass is 10.1. The van der Waals surface area contributed by atoms with Gasteiger partial charge in [-0.15, -0.1) is 0 Å². The van der Waals surface area contributed by atoms with E-state index in [4.69, 9.17) is 4.74 Å². The van der Waals surface area contributed by atoms with Crippen LogP contribution in [0.5, 0.6) is 5.75 Å². The minimum Gasteiger partial charge on any atom is -0.495 e. The van der Waals surface area contributed by atoms with E-state index in [1.807, 2.05) is 0 Å². The highest BCUT2D eigenvalue weighted by atomic mass is 32.2. The van der Waals surface area contributed by atoms with Crippen molar-refractivity contribution in [2.24, 2.45) is 0 Å². The van der Waals surface area contributed by atoms with E-state index in [0.717, 1.165) is 12.1 Å². The van der Waals surface area contributed by atoms with Crippen molar-refractivity contribution in [3.8, 4) is 5.75 Å². The largest absolute Gasteiger partial charge is 0.495 e. The van der Waals surface area contributed by atoms with Crippen molar-refractivity contribution in [2.75, 3.05) is 18.9 Å². The highest BCUT2D eigenvalue weighted by Crippen LogP contribution is 2.30. The van der Waals surface area contributed by atoms with Gasteiger partial charge in [-0.25, -0.2) is 21.6 Å². The number of ether oxygens (including phenoxy) is 1. The number of amides is 2. The summed E-state index contributed by atoms with van der Waals surface area (Å²) in [5.41, 5.74) is -0.102. The van der Waals surface area contributed by atoms with Crippen LogP contribution in [0.4, 0.5) is 5.69 Å². The summed E-state index contributed by atoms with van der Waals surface area (Å²) < 4.78 is 58.9. The van der Waals surface area contributed by atoms with Gasteiger partial charge in [-0.1, -0.05) is 0 Å². The number of anilines is 1. The summed E-state index contributed by atoms with van der Waals surface area (Å²) in [6, 6.07) is 7.12. The predicted molar refractivity (Wildman–Crippen MR) is 98.3 cm³/mol. The molecule has 1 heterocycles. The van der Waals surface area contributed by atoms with Crippen LogP contribution >= 0.6 is 0 Å². The summed E-state index contributed by atoms with van der Waals surface area (Å²) in [5.74, 6) is -1.21. The topological polar surface area (TPSA) is 148 Å². The second-order valence-corrected chi connectivity index (χ2v) is 9.23. The molecule has 2 aromatic rings. The molecular formula is C16H15N3O7S2. The molecule has 0 radical (unpaired) electrons. The van der Waals surface area contributed by atoms with E-state index < -0.39 is 31.9 Å². The molecule has 1 aliphatic rings. The van der Waals surface area contributed by atoms with Crippen molar-refractivity contribution in [3.05, 3.63) is 47.5 Å². The monoisotopic (exact) mass is 425 g/mol. The van der Waals surface area contributed by atoms with E-state index in [0.29, 0.717) is 0 Å². The molecule has 0 spiro atoms. The third-order valence-electron chi connectivity index (χ3n) is 4.01. The van der Waals surface area contributed by atoms with Crippen LogP contribution < -0.4 is 19.5 Å². The smallest absolute Gasteiger partial charge is 0.262 e. The minimum absolute atomic E-state index is 0.0636. The predicted octanol–water partition coefficient (Wildman–Crippen LogP) is 0.288. The summed E-state index contributed by atoms with van der Waals surface area (Å²) in [6.45, 7) is 0. The van der Waals surface area contributed by atoms with Crippen molar-refractivity contribution < 1.29 is 31.2 Å². The van der Waals surface area contributed by atoms with E-state index in [1.54, 1.807) is 0 Å². The van der Waals surface area contributed by atoms with Crippen molar-refractivity contribution >= 4 is 37.5 Å². The van der Waals surface area contributed by atoms with Crippen molar-refractivity contribution in [1.29, 1.82) is 0 Å². The van der Waals surface area contributed by atoms with Gasteiger partial charge in [0.15, 0.2) is 0 Å². The van der Waals surface area contributed by atoms with Crippen LogP contribution in [0, 0.1) is 0 Å². The number of hydrogen-bond acceptors (Lipinski definition) is 7. The van der Waals surface area contributed by atoms with Gasteiger partial charge in [-0.05, 0) is 43.4 Å². The quantitative estimate of drug-likeness (QED) is 0.563. The molecule has 0 saturated carbocycles. The molecule has 0 bridgehead atoms. The lowest BCUT2D eigenvalue weighted by molar-refractivity contribution is 0.0879. The molecule has 0 aliphatic carbocycles. The summed E-state index contributed by atoms with van der Waals surface area (Å²) in [6.07, 6.45) is 0. The van der Waals surface area contributed by atoms with Crippen LogP contribution in [0.2, 0.25) is 0 Å². The summed E-state index contributed by atoms with van der Waals surface area (Å²) in [7, 11) is -5.51. The van der Waals surface area contributed by atoms with Crippen LogP contribution in [-0.2, 0) is 20.0 Å². The second kappa shape index (κ2) is 6.89. The zero-order chi connectivity index (χ0) is 20.7. The van der Waals surface area contributed by atoms with E-state index in [-0.39, 0.29) is 32.4 Å². The van der Waals surface area contributed by atoms with Crippen molar-refractivity contribution in [3.63, 3.8) is 0 Å². The van der Waals surface area contributed by atoms with Gasteiger partial charge in [0.25, 0.3) is 21.8 Å². The average molecular weight is 425 g/mol. The molecule has 2 aromatic carbocycles. The summed E-state index contributed by atoms with van der Waals surface area (Å²) in [4.78, 5) is 22.9. The van der Waals surface area contributed by atoms with Crippen LogP contribution in [0.3, 0.4) is 0 Å². The number of fused-ring (bicyclic) bond motifs is 1. The first kappa shape index (κ1) is 19.8. The molecule has 148 valence electrons. The molecule has 0 aromatic heterocycles. The molecule has 28 heavy (non-hydrogen) atoms. The Labute approximate surface area is 161 Å². The van der Waals surface area contributed by atoms with Crippen LogP contribution in [0.15, 0.2) is 46.2 Å². The van der Waals surface area contributed by atoms with Gasteiger partial charge in [0.2, 0.25) is 10.0 Å². The third-order valence-corrected chi connectivity index (χ3v) is 6.79. The molecule has 0 atom stereocenters. The van der Waals surface area contributed by atoms with Gasteiger partial charge in [-0.3, -0.25) is 19.6 Å².